The third-order valence-corrected chi connectivity index (χ3v) is 7.07. The molecule has 2 heterocycles. The first-order valence-electron chi connectivity index (χ1n) is 9.86. The van der Waals surface area contributed by atoms with E-state index in [1.165, 1.54) is 16.6 Å². The Morgan fingerprint density at radius 1 is 1.28 bits per heavy atom. The Balaban J connectivity index is 1.83. The van der Waals surface area contributed by atoms with E-state index in [2.05, 4.69) is 5.38 Å². The van der Waals surface area contributed by atoms with Crippen LogP contribution in [0.1, 0.15) is 58.6 Å². The van der Waals surface area contributed by atoms with Gasteiger partial charge in [0.15, 0.2) is 5.75 Å². The van der Waals surface area contributed by atoms with Gasteiger partial charge in [-0.15, -0.1) is 11.3 Å². The molecule has 0 saturated heterocycles. The fourth-order valence-corrected chi connectivity index (χ4v) is 5.64. The van der Waals surface area contributed by atoms with Crippen LogP contribution in [0.15, 0.2) is 28.5 Å². The standard InChI is InChI=1S/C22H22N2O4S/c1-28-21-12(15-10-29-17-4-2-3-16(23)18(15)17)7-8-13-19(21)24(11-5-6-11)9-14(20(13)25)22(26)27/h7-11,16H,2-6,23H2,1H3,(H,26,27). The van der Waals surface area contributed by atoms with E-state index in [1.54, 1.807) is 24.5 Å². The van der Waals surface area contributed by atoms with Gasteiger partial charge in [-0.05, 0) is 55.2 Å². The normalized spacial score (nSPS) is 18.6. The lowest BCUT2D eigenvalue weighted by atomic mass is 9.88. The molecule has 2 aliphatic carbocycles. The lowest BCUT2D eigenvalue weighted by Crippen LogP contribution is -2.19. The summed E-state index contributed by atoms with van der Waals surface area (Å²) >= 11 is 1.73. The van der Waals surface area contributed by atoms with Crippen molar-refractivity contribution in [2.45, 2.75) is 44.2 Å². The number of fused-ring (bicyclic) bond motifs is 2. The summed E-state index contributed by atoms with van der Waals surface area (Å²) in [7, 11) is 1.60. The average molecular weight is 410 g/mol. The molecule has 150 valence electrons. The molecular formula is C22H22N2O4S. The Morgan fingerprint density at radius 2 is 2.07 bits per heavy atom. The molecule has 3 aromatic rings. The van der Waals surface area contributed by atoms with Crippen molar-refractivity contribution in [2.75, 3.05) is 7.11 Å². The molecule has 3 N–H and O–H groups in total. The van der Waals surface area contributed by atoms with Crippen molar-refractivity contribution in [3.63, 3.8) is 0 Å². The number of nitrogens with two attached hydrogens (primary N) is 1. The van der Waals surface area contributed by atoms with Crippen molar-refractivity contribution >= 4 is 28.2 Å². The monoisotopic (exact) mass is 410 g/mol. The molecule has 0 amide bonds. The third kappa shape index (κ3) is 2.80. The van der Waals surface area contributed by atoms with E-state index in [-0.39, 0.29) is 17.6 Å². The van der Waals surface area contributed by atoms with Gasteiger partial charge in [0.2, 0.25) is 5.43 Å². The number of carboxylic acid groups (broad SMARTS) is 1. The Bertz CT molecular complexity index is 1210. The maximum Gasteiger partial charge on any atom is 0.341 e. The number of carbonyl (C=O) groups is 1. The summed E-state index contributed by atoms with van der Waals surface area (Å²) in [5.41, 5.74) is 9.60. The zero-order valence-electron chi connectivity index (χ0n) is 16.1. The molecule has 5 rings (SSSR count). The summed E-state index contributed by atoms with van der Waals surface area (Å²) in [4.78, 5) is 25.8. The molecular weight excluding hydrogens is 388 g/mol. The molecule has 2 aliphatic rings. The van der Waals surface area contributed by atoms with Crippen molar-refractivity contribution in [1.29, 1.82) is 0 Å². The van der Waals surface area contributed by atoms with Crippen LogP contribution in [0.4, 0.5) is 0 Å². The fourth-order valence-electron chi connectivity index (χ4n) is 4.47. The summed E-state index contributed by atoms with van der Waals surface area (Å²) in [6.45, 7) is 0. The van der Waals surface area contributed by atoms with Crippen LogP contribution in [-0.2, 0) is 6.42 Å². The molecule has 1 saturated carbocycles. The van der Waals surface area contributed by atoms with Gasteiger partial charge in [0.25, 0.3) is 0 Å². The number of aryl methyl sites for hydroxylation is 1. The Morgan fingerprint density at radius 3 is 2.76 bits per heavy atom. The lowest BCUT2D eigenvalue weighted by Gasteiger charge is -2.22. The zero-order valence-corrected chi connectivity index (χ0v) is 16.9. The topological polar surface area (TPSA) is 94.6 Å². The van der Waals surface area contributed by atoms with Gasteiger partial charge in [-0.25, -0.2) is 4.79 Å². The molecule has 1 aromatic carbocycles. The van der Waals surface area contributed by atoms with Gasteiger partial charge in [0, 0.05) is 34.3 Å². The summed E-state index contributed by atoms with van der Waals surface area (Å²) in [5.74, 6) is -0.589. The molecule has 1 atom stereocenters. The van der Waals surface area contributed by atoms with Crippen molar-refractivity contribution < 1.29 is 14.6 Å². The van der Waals surface area contributed by atoms with Crippen molar-refractivity contribution in [2.24, 2.45) is 5.73 Å². The quantitative estimate of drug-likeness (QED) is 0.675. The van der Waals surface area contributed by atoms with Gasteiger partial charge in [0.05, 0.1) is 18.0 Å². The minimum absolute atomic E-state index is 0.000384. The number of aromatic nitrogens is 1. The average Bonchev–Trinajstić information content (AvgIpc) is 3.46. The van der Waals surface area contributed by atoms with Crippen LogP contribution in [0.2, 0.25) is 0 Å². The largest absolute Gasteiger partial charge is 0.494 e. The van der Waals surface area contributed by atoms with Gasteiger partial charge >= 0.3 is 5.97 Å². The first kappa shape index (κ1) is 18.4. The second kappa shape index (κ2) is 6.71. The van der Waals surface area contributed by atoms with E-state index in [0.29, 0.717) is 16.7 Å². The Kier molecular flexibility index (Phi) is 4.26. The minimum atomic E-state index is -1.20. The Labute approximate surface area is 171 Å². The van der Waals surface area contributed by atoms with Crippen molar-refractivity contribution in [3.8, 4) is 16.9 Å². The number of pyridine rings is 1. The highest BCUT2D eigenvalue weighted by Gasteiger charge is 2.30. The number of nitrogens with zero attached hydrogens (tertiary/aromatic N) is 1. The molecule has 1 fully saturated rings. The van der Waals surface area contributed by atoms with Gasteiger partial charge in [0.1, 0.15) is 5.56 Å². The Hall–Kier alpha value is -2.64. The third-order valence-electron chi connectivity index (χ3n) is 6.01. The number of thiophene rings is 1. The number of hydrogen-bond donors (Lipinski definition) is 2. The fraction of sp³-hybridized carbons (Fsp3) is 0.364. The molecule has 7 heteroatoms. The molecule has 29 heavy (non-hydrogen) atoms. The molecule has 1 unspecified atom stereocenters. The maximum atomic E-state index is 12.8. The molecule has 0 radical (unpaired) electrons. The maximum absolute atomic E-state index is 12.8. The number of ether oxygens (including phenoxy) is 1. The predicted octanol–water partition coefficient (Wildman–Crippen LogP) is 4.11. The van der Waals surface area contributed by atoms with Gasteiger partial charge < -0.3 is 20.1 Å². The second-order valence-corrected chi connectivity index (χ2v) is 8.81. The molecule has 2 aromatic heterocycles. The van der Waals surface area contributed by atoms with E-state index >= 15 is 0 Å². The van der Waals surface area contributed by atoms with Gasteiger partial charge in [-0.2, -0.15) is 0 Å². The minimum Gasteiger partial charge on any atom is -0.494 e. The number of methoxy groups -OCH3 is 1. The summed E-state index contributed by atoms with van der Waals surface area (Å²) in [6.07, 6.45) is 6.50. The van der Waals surface area contributed by atoms with Crippen LogP contribution in [0.25, 0.3) is 22.0 Å². The van der Waals surface area contributed by atoms with E-state index in [1.807, 2.05) is 10.6 Å². The number of rotatable bonds is 4. The van der Waals surface area contributed by atoms with E-state index in [4.69, 9.17) is 10.5 Å². The highest BCUT2D eigenvalue weighted by Crippen LogP contribution is 2.46. The molecule has 0 spiro atoms. The van der Waals surface area contributed by atoms with E-state index < -0.39 is 11.4 Å². The smallest absolute Gasteiger partial charge is 0.341 e. The van der Waals surface area contributed by atoms with Crippen LogP contribution in [0, 0.1) is 0 Å². The highest BCUT2D eigenvalue weighted by atomic mass is 32.1. The molecule has 6 nitrogen and oxygen atoms in total. The van der Waals surface area contributed by atoms with Crippen LogP contribution in [0.3, 0.4) is 0 Å². The zero-order chi connectivity index (χ0) is 20.3. The van der Waals surface area contributed by atoms with Crippen LogP contribution in [0.5, 0.6) is 5.75 Å². The second-order valence-electron chi connectivity index (χ2n) is 7.84. The van der Waals surface area contributed by atoms with E-state index in [9.17, 15) is 14.7 Å². The number of carboxylic acids is 1. The van der Waals surface area contributed by atoms with Gasteiger partial charge in [-0.1, -0.05) is 0 Å². The van der Waals surface area contributed by atoms with Crippen LogP contribution in [-0.4, -0.2) is 22.8 Å². The predicted molar refractivity (Wildman–Crippen MR) is 113 cm³/mol. The number of benzene rings is 1. The number of aromatic carboxylic acids is 1. The van der Waals surface area contributed by atoms with Crippen LogP contribution < -0.4 is 15.9 Å². The SMILES string of the molecule is COc1c(-c2csc3c2C(N)CCC3)ccc2c(=O)c(C(=O)O)cn(C3CC3)c12. The van der Waals surface area contributed by atoms with Gasteiger partial charge in [-0.3, -0.25) is 4.79 Å². The van der Waals surface area contributed by atoms with Crippen LogP contribution >= 0.6 is 11.3 Å². The first-order chi connectivity index (χ1) is 14.0. The highest BCUT2D eigenvalue weighted by molar-refractivity contribution is 7.10. The summed E-state index contributed by atoms with van der Waals surface area (Å²) in [6, 6.07) is 3.80. The lowest BCUT2D eigenvalue weighted by molar-refractivity contribution is 0.0695. The summed E-state index contributed by atoms with van der Waals surface area (Å²) in [5, 5.41) is 12.0. The molecule has 0 bridgehead atoms. The summed E-state index contributed by atoms with van der Waals surface area (Å²) < 4.78 is 7.76. The van der Waals surface area contributed by atoms with Crippen molar-refractivity contribution in [1.82, 2.24) is 4.57 Å². The van der Waals surface area contributed by atoms with Crippen molar-refractivity contribution in [3.05, 3.63) is 49.9 Å². The van der Waals surface area contributed by atoms with E-state index in [0.717, 1.165) is 43.2 Å². The molecule has 0 aliphatic heterocycles. The number of hydrogen-bond acceptors (Lipinski definition) is 5. The first-order valence-corrected chi connectivity index (χ1v) is 10.7.